The second kappa shape index (κ2) is 5.79. The molecule has 0 radical (unpaired) electrons. The van der Waals surface area contributed by atoms with Gasteiger partial charge in [0.05, 0.1) is 0 Å². The molecule has 1 aliphatic rings. The molecule has 19 heavy (non-hydrogen) atoms. The third kappa shape index (κ3) is 4.03. The van der Waals surface area contributed by atoms with E-state index in [1.165, 1.54) is 12.8 Å². The van der Waals surface area contributed by atoms with Gasteiger partial charge in [0.15, 0.2) is 0 Å². The number of aryl methyl sites for hydroxylation is 1. The summed E-state index contributed by atoms with van der Waals surface area (Å²) in [6.45, 7) is 6.52. The molecule has 6 heteroatoms. The number of rotatable bonds is 7. The third-order valence-corrected chi connectivity index (χ3v) is 2.80. The Bertz CT molecular complexity index is 498. The molecule has 1 N–H and O–H groups in total. The van der Waals surface area contributed by atoms with Crippen LogP contribution in [0.4, 0.5) is 5.82 Å². The number of nitro groups is 1. The van der Waals surface area contributed by atoms with Crippen LogP contribution in [0.3, 0.4) is 0 Å². The lowest BCUT2D eigenvalue weighted by molar-refractivity contribution is -0.390. The Morgan fingerprint density at radius 2 is 2.37 bits per heavy atom. The number of hydrogen-bond acceptors (Lipinski definition) is 5. The molecule has 1 aromatic rings. The van der Waals surface area contributed by atoms with Crippen molar-refractivity contribution in [3.05, 3.63) is 40.1 Å². The number of aromatic nitrogens is 1. The van der Waals surface area contributed by atoms with Crippen LogP contribution in [0.2, 0.25) is 0 Å². The molecule has 0 aliphatic heterocycles. The third-order valence-electron chi connectivity index (χ3n) is 2.80. The van der Waals surface area contributed by atoms with Gasteiger partial charge in [0.25, 0.3) is 0 Å². The Morgan fingerprint density at radius 3 is 3.00 bits per heavy atom. The van der Waals surface area contributed by atoms with Gasteiger partial charge in [-0.15, -0.1) is 0 Å². The minimum Gasteiger partial charge on any atom is -0.481 e. The second-order valence-corrected chi connectivity index (χ2v) is 4.73. The Kier molecular flexibility index (Phi) is 4.11. The SMILES string of the molecule is C=C(CNC1CC1)COc1ccc(C)nc1[N+](=O)[O-]. The van der Waals surface area contributed by atoms with Crippen LogP contribution in [0.1, 0.15) is 18.5 Å². The fraction of sp³-hybridized carbons (Fsp3) is 0.462. The van der Waals surface area contributed by atoms with E-state index in [-0.39, 0.29) is 18.2 Å². The van der Waals surface area contributed by atoms with Crippen LogP contribution in [0.5, 0.6) is 5.75 Å². The van der Waals surface area contributed by atoms with Gasteiger partial charge in [-0.3, -0.25) is 0 Å². The Hall–Kier alpha value is -1.95. The summed E-state index contributed by atoms with van der Waals surface area (Å²) in [6.07, 6.45) is 2.42. The van der Waals surface area contributed by atoms with Crippen LogP contribution in [0.15, 0.2) is 24.3 Å². The van der Waals surface area contributed by atoms with E-state index in [0.29, 0.717) is 18.3 Å². The molecule has 0 unspecified atom stereocenters. The van der Waals surface area contributed by atoms with E-state index in [2.05, 4.69) is 16.9 Å². The average molecular weight is 263 g/mol. The van der Waals surface area contributed by atoms with E-state index < -0.39 is 4.92 Å². The molecule has 1 aromatic heterocycles. The summed E-state index contributed by atoms with van der Waals surface area (Å²) in [5.41, 5.74) is 1.45. The van der Waals surface area contributed by atoms with E-state index in [4.69, 9.17) is 4.74 Å². The van der Waals surface area contributed by atoms with E-state index in [1.807, 2.05) is 0 Å². The Labute approximate surface area is 111 Å². The average Bonchev–Trinajstić information content (AvgIpc) is 3.18. The number of ether oxygens (including phenoxy) is 1. The van der Waals surface area contributed by atoms with Crippen molar-refractivity contribution in [1.29, 1.82) is 0 Å². The molecule has 102 valence electrons. The van der Waals surface area contributed by atoms with Crippen molar-refractivity contribution in [2.24, 2.45) is 0 Å². The van der Waals surface area contributed by atoms with Crippen LogP contribution in [-0.2, 0) is 0 Å². The quantitative estimate of drug-likeness (QED) is 0.462. The summed E-state index contributed by atoms with van der Waals surface area (Å²) in [5, 5.41) is 14.2. The van der Waals surface area contributed by atoms with E-state index in [1.54, 1.807) is 19.1 Å². The number of hydrogen-bond donors (Lipinski definition) is 1. The van der Waals surface area contributed by atoms with Crippen molar-refractivity contribution >= 4 is 5.82 Å². The fourth-order valence-corrected chi connectivity index (χ4v) is 1.58. The van der Waals surface area contributed by atoms with Crippen LogP contribution in [-0.4, -0.2) is 29.1 Å². The first-order valence-electron chi connectivity index (χ1n) is 6.21. The van der Waals surface area contributed by atoms with Gasteiger partial charge in [0, 0.05) is 19.5 Å². The molecule has 2 rings (SSSR count). The molecule has 1 aliphatic carbocycles. The zero-order valence-electron chi connectivity index (χ0n) is 10.9. The summed E-state index contributed by atoms with van der Waals surface area (Å²) >= 11 is 0. The molecular formula is C13H17N3O3. The minimum atomic E-state index is -0.534. The number of nitrogens with zero attached hydrogens (tertiary/aromatic N) is 2. The monoisotopic (exact) mass is 263 g/mol. The summed E-state index contributed by atoms with van der Waals surface area (Å²) in [6, 6.07) is 3.86. The maximum Gasteiger partial charge on any atom is 0.406 e. The van der Waals surface area contributed by atoms with E-state index in [0.717, 1.165) is 5.57 Å². The molecule has 1 fully saturated rings. The van der Waals surface area contributed by atoms with Crippen molar-refractivity contribution < 1.29 is 9.66 Å². The lowest BCUT2D eigenvalue weighted by atomic mass is 10.3. The molecule has 1 heterocycles. The highest BCUT2D eigenvalue weighted by molar-refractivity contribution is 5.40. The van der Waals surface area contributed by atoms with Crippen molar-refractivity contribution in [3.8, 4) is 5.75 Å². The molecule has 0 spiro atoms. The van der Waals surface area contributed by atoms with Gasteiger partial charge in [-0.1, -0.05) is 6.58 Å². The summed E-state index contributed by atoms with van der Waals surface area (Å²) < 4.78 is 5.42. The lowest BCUT2D eigenvalue weighted by Gasteiger charge is -2.09. The topological polar surface area (TPSA) is 77.3 Å². The van der Waals surface area contributed by atoms with Gasteiger partial charge in [-0.05, 0) is 40.5 Å². The summed E-state index contributed by atoms with van der Waals surface area (Å²) in [7, 11) is 0. The lowest BCUT2D eigenvalue weighted by Crippen LogP contribution is -2.21. The standard InChI is InChI=1S/C13H17N3O3/c1-9(7-14-11-4-5-11)8-19-12-6-3-10(2)15-13(12)16(17)18/h3,6,11,14H,1,4-5,7-8H2,2H3. The maximum absolute atomic E-state index is 10.9. The van der Waals surface area contributed by atoms with Gasteiger partial charge in [0.1, 0.15) is 12.3 Å². The van der Waals surface area contributed by atoms with Crippen molar-refractivity contribution in [2.45, 2.75) is 25.8 Å². The normalized spacial score (nSPS) is 14.2. The highest BCUT2D eigenvalue weighted by Crippen LogP contribution is 2.24. The predicted molar refractivity (Wildman–Crippen MR) is 71.3 cm³/mol. The van der Waals surface area contributed by atoms with Crippen molar-refractivity contribution in [1.82, 2.24) is 10.3 Å². The predicted octanol–water partition coefficient (Wildman–Crippen LogP) is 1.99. The zero-order valence-corrected chi connectivity index (χ0v) is 10.9. The van der Waals surface area contributed by atoms with Gasteiger partial charge >= 0.3 is 5.82 Å². The second-order valence-electron chi connectivity index (χ2n) is 4.73. The van der Waals surface area contributed by atoms with Gasteiger partial charge in [-0.25, -0.2) is 0 Å². The summed E-state index contributed by atoms with van der Waals surface area (Å²) in [4.78, 5) is 14.2. The Balaban J connectivity index is 1.90. The molecular weight excluding hydrogens is 246 g/mol. The molecule has 0 amide bonds. The van der Waals surface area contributed by atoms with Crippen LogP contribution in [0.25, 0.3) is 0 Å². The van der Waals surface area contributed by atoms with E-state index in [9.17, 15) is 10.1 Å². The van der Waals surface area contributed by atoms with E-state index >= 15 is 0 Å². The Morgan fingerprint density at radius 1 is 1.63 bits per heavy atom. The molecule has 0 aromatic carbocycles. The molecule has 6 nitrogen and oxygen atoms in total. The van der Waals surface area contributed by atoms with Gasteiger partial charge in [-0.2, -0.15) is 0 Å². The number of pyridine rings is 1. The molecule has 0 saturated heterocycles. The van der Waals surface area contributed by atoms with Crippen molar-refractivity contribution in [3.63, 3.8) is 0 Å². The first-order valence-corrected chi connectivity index (χ1v) is 6.21. The first-order chi connectivity index (χ1) is 9.06. The minimum absolute atomic E-state index is 0.183. The fourth-order valence-electron chi connectivity index (χ4n) is 1.58. The highest BCUT2D eigenvalue weighted by atomic mass is 16.6. The van der Waals surface area contributed by atoms with Gasteiger partial charge < -0.3 is 20.2 Å². The zero-order chi connectivity index (χ0) is 13.8. The van der Waals surface area contributed by atoms with Crippen LogP contribution in [0, 0.1) is 17.0 Å². The number of nitrogens with one attached hydrogen (secondary N) is 1. The smallest absolute Gasteiger partial charge is 0.406 e. The van der Waals surface area contributed by atoms with Crippen molar-refractivity contribution in [2.75, 3.05) is 13.2 Å². The van der Waals surface area contributed by atoms with Gasteiger partial charge in [0.2, 0.25) is 5.75 Å². The van der Waals surface area contributed by atoms with Crippen LogP contribution >= 0.6 is 0 Å². The van der Waals surface area contributed by atoms with Crippen LogP contribution < -0.4 is 10.1 Å². The largest absolute Gasteiger partial charge is 0.481 e. The summed E-state index contributed by atoms with van der Waals surface area (Å²) in [5.74, 6) is -0.0638. The molecule has 0 atom stereocenters. The highest BCUT2D eigenvalue weighted by Gasteiger charge is 2.21. The molecule has 0 bridgehead atoms. The first kappa shape index (κ1) is 13.5. The molecule has 1 saturated carbocycles. The maximum atomic E-state index is 10.9.